The number of methoxy groups -OCH3 is 2. The van der Waals surface area contributed by atoms with Gasteiger partial charge in [0.2, 0.25) is 0 Å². The van der Waals surface area contributed by atoms with Gasteiger partial charge < -0.3 is 55.6 Å². The lowest BCUT2D eigenvalue weighted by Crippen LogP contribution is -2.05. The largest absolute Gasteiger partial charge is 0.496 e. The highest BCUT2D eigenvalue weighted by Gasteiger charge is 2.24. The molecule has 0 amide bonds. The predicted octanol–water partition coefficient (Wildman–Crippen LogP) is 8.31. The van der Waals surface area contributed by atoms with E-state index in [4.69, 9.17) is 55.6 Å². The Labute approximate surface area is 348 Å². The SMILES string of the molecule is CC(C)Oc1nnc(-c2cc3c(OC[C@@H]4CO4)cccc3o2)o1.COCOc1cccc2oc(-c3nnc(OC(C)C)o3)cc12.COc1ccccc1/C=C1\N=C(C)OC1=O. The van der Waals surface area contributed by atoms with Crippen molar-refractivity contribution in [1.29, 1.82) is 0 Å². The molecule has 1 atom stereocenters. The van der Waals surface area contributed by atoms with Crippen LogP contribution in [0, 0.1) is 0 Å². The van der Waals surface area contributed by atoms with Crippen LogP contribution < -0.4 is 23.7 Å². The van der Waals surface area contributed by atoms with Crippen LogP contribution in [-0.2, 0) is 19.0 Å². The van der Waals surface area contributed by atoms with E-state index in [-0.39, 0.29) is 49.0 Å². The summed E-state index contributed by atoms with van der Waals surface area (Å²) in [6.45, 7) is 10.6. The second-order valence-electron chi connectivity index (χ2n) is 13.7. The van der Waals surface area contributed by atoms with Crippen molar-refractivity contribution in [3.8, 4) is 52.7 Å². The molecule has 61 heavy (non-hydrogen) atoms. The van der Waals surface area contributed by atoms with Gasteiger partial charge in [0.25, 0.3) is 11.8 Å². The zero-order chi connectivity index (χ0) is 42.9. The van der Waals surface area contributed by atoms with E-state index in [1.807, 2.05) is 94.4 Å². The molecule has 0 radical (unpaired) electrons. The number of ether oxygens (including phenoxy) is 8. The lowest BCUT2D eigenvalue weighted by molar-refractivity contribution is -0.130. The van der Waals surface area contributed by atoms with Crippen molar-refractivity contribution in [3.63, 3.8) is 0 Å². The summed E-state index contributed by atoms with van der Waals surface area (Å²) in [5.74, 6) is 3.49. The molecular formula is C43H43N5O13. The van der Waals surface area contributed by atoms with E-state index in [9.17, 15) is 4.79 Å². The van der Waals surface area contributed by atoms with Crippen LogP contribution in [0.15, 0.2) is 101 Å². The molecule has 0 saturated carbocycles. The van der Waals surface area contributed by atoms with Crippen LogP contribution in [0.2, 0.25) is 0 Å². The van der Waals surface area contributed by atoms with E-state index < -0.39 is 5.97 Å². The molecule has 18 nitrogen and oxygen atoms in total. The molecule has 9 rings (SSSR count). The van der Waals surface area contributed by atoms with Gasteiger partial charge in [-0.25, -0.2) is 9.79 Å². The molecule has 3 aromatic carbocycles. The van der Waals surface area contributed by atoms with Gasteiger partial charge in [-0.1, -0.05) is 40.5 Å². The van der Waals surface area contributed by atoms with Crippen LogP contribution in [-0.4, -0.2) is 84.8 Å². The number of fused-ring (bicyclic) bond motifs is 2. The number of rotatable bonds is 14. The fraction of sp³-hybridized carbons (Fsp3) is 0.302. The van der Waals surface area contributed by atoms with Gasteiger partial charge in [0, 0.05) is 31.7 Å². The standard InChI is InChI=1S/C16H16N2O5.C15H16N2O5.C12H11NO3/c1-9(2)21-16-18-17-15(23-16)14-6-11-12(20-8-10-7-19-10)4-3-5-13(11)22-14;1-9(2)20-15-17-16-14(22-15)13-7-10-11(19-8-18-3)5-4-6-12(10)21-13;1-8-13-10(12(14)16-8)7-9-5-3-4-6-11(9)15-2/h3-6,9-10H,7-8H2,1-2H3;4-7,9H,8H2,1-3H3;3-7H,1-2H3/b;;10-7-/t10-;;/m0../s1. The maximum atomic E-state index is 11.3. The van der Waals surface area contributed by atoms with Gasteiger partial charge in [-0.3, -0.25) is 0 Å². The third kappa shape index (κ3) is 10.9. The van der Waals surface area contributed by atoms with E-state index >= 15 is 0 Å². The number of aliphatic imine (C=N–C) groups is 1. The number of esters is 1. The molecule has 6 heterocycles. The summed E-state index contributed by atoms with van der Waals surface area (Å²) in [6, 6.07) is 22.1. The number of benzene rings is 3. The molecule has 0 spiro atoms. The van der Waals surface area contributed by atoms with E-state index in [2.05, 4.69) is 25.4 Å². The number of hydrogen-bond donors (Lipinski definition) is 0. The average molecular weight is 838 g/mol. The molecule has 4 aromatic heterocycles. The van der Waals surface area contributed by atoms with Crippen LogP contribution in [0.5, 0.6) is 29.4 Å². The highest BCUT2D eigenvalue weighted by atomic mass is 16.7. The number of para-hydroxylation sites is 1. The first-order chi connectivity index (χ1) is 29.6. The smallest absolute Gasteiger partial charge is 0.415 e. The third-order valence-electron chi connectivity index (χ3n) is 8.27. The Balaban J connectivity index is 0.000000140. The van der Waals surface area contributed by atoms with E-state index in [0.29, 0.717) is 52.4 Å². The highest BCUT2D eigenvalue weighted by Crippen LogP contribution is 2.35. The van der Waals surface area contributed by atoms with Crippen LogP contribution in [0.25, 0.3) is 51.3 Å². The molecule has 2 aliphatic heterocycles. The minimum Gasteiger partial charge on any atom is -0.496 e. The lowest BCUT2D eigenvalue weighted by atomic mass is 10.1. The van der Waals surface area contributed by atoms with Gasteiger partial charge in [-0.05, 0) is 64.1 Å². The number of carbonyl (C=O) groups excluding carboxylic acids is 1. The number of cyclic esters (lactones) is 1. The number of carbonyl (C=O) groups is 1. The maximum absolute atomic E-state index is 11.3. The minimum absolute atomic E-state index is 0.0383. The van der Waals surface area contributed by atoms with E-state index in [1.54, 1.807) is 33.3 Å². The fourth-order valence-electron chi connectivity index (χ4n) is 5.57. The van der Waals surface area contributed by atoms with Gasteiger partial charge in [0.05, 0.1) is 36.7 Å². The first-order valence-corrected chi connectivity index (χ1v) is 19.1. The summed E-state index contributed by atoms with van der Waals surface area (Å²) >= 11 is 0. The lowest BCUT2D eigenvalue weighted by Gasteiger charge is -2.04. The second-order valence-corrected chi connectivity index (χ2v) is 13.7. The summed E-state index contributed by atoms with van der Waals surface area (Å²) in [5.41, 5.74) is 2.45. The fourth-order valence-corrected chi connectivity index (χ4v) is 5.57. The summed E-state index contributed by atoms with van der Waals surface area (Å²) < 4.78 is 64.4. The molecule has 1 fully saturated rings. The Morgan fingerprint density at radius 3 is 1.79 bits per heavy atom. The number of furan rings is 2. The van der Waals surface area contributed by atoms with Crippen LogP contribution in [0.1, 0.15) is 40.2 Å². The minimum atomic E-state index is -0.427. The molecule has 0 N–H and O–H groups in total. The monoisotopic (exact) mass is 837 g/mol. The van der Waals surface area contributed by atoms with Crippen molar-refractivity contribution in [2.24, 2.45) is 4.99 Å². The van der Waals surface area contributed by atoms with Crippen molar-refractivity contribution in [2.45, 2.75) is 52.9 Å². The Kier molecular flexibility index (Phi) is 13.2. The second kappa shape index (κ2) is 19.3. The molecule has 7 aromatic rings. The van der Waals surface area contributed by atoms with Gasteiger partial charge in [0.1, 0.15) is 41.1 Å². The van der Waals surface area contributed by atoms with Gasteiger partial charge >= 0.3 is 18.1 Å². The van der Waals surface area contributed by atoms with Crippen molar-refractivity contribution >= 4 is 39.9 Å². The number of epoxide rings is 1. The predicted molar refractivity (Wildman–Crippen MR) is 218 cm³/mol. The van der Waals surface area contributed by atoms with Crippen molar-refractivity contribution < 1.29 is 60.4 Å². The van der Waals surface area contributed by atoms with E-state index in [1.165, 1.54) is 0 Å². The molecule has 318 valence electrons. The zero-order valence-electron chi connectivity index (χ0n) is 34.4. The summed E-state index contributed by atoms with van der Waals surface area (Å²) in [6.07, 6.45) is 2.00. The number of nitrogens with zero attached hydrogens (tertiary/aromatic N) is 5. The Bertz CT molecular complexity index is 2630. The van der Waals surface area contributed by atoms with Crippen molar-refractivity contribution in [3.05, 3.63) is 84.1 Å². The summed E-state index contributed by atoms with van der Waals surface area (Å²) in [7, 11) is 3.15. The van der Waals surface area contributed by atoms with Gasteiger partial charge in [-0.15, -0.1) is 10.2 Å². The Morgan fingerprint density at radius 1 is 0.721 bits per heavy atom. The Hall–Kier alpha value is -7.18. The molecule has 0 unspecified atom stereocenters. The number of hydrogen-bond acceptors (Lipinski definition) is 18. The van der Waals surface area contributed by atoms with Crippen LogP contribution >= 0.6 is 0 Å². The molecule has 2 aliphatic rings. The first-order valence-electron chi connectivity index (χ1n) is 19.1. The number of aromatic nitrogens is 4. The first kappa shape index (κ1) is 42.0. The van der Waals surface area contributed by atoms with Crippen LogP contribution in [0.3, 0.4) is 0 Å². The molecule has 1 saturated heterocycles. The normalized spacial score (nSPS) is 15.0. The maximum Gasteiger partial charge on any atom is 0.415 e. The summed E-state index contributed by atoms with van der Waals surface area (Å²) in [5, 5.41) is 17.2. The third-order valence-corrected chi connectivity index (χ3v) is 8.27. The van der Waals surface area contributed by atoms with Gasteiger partial charge in [-0.2, -0.15) is 0 Å². The molecule has 0 bridgehead atoms. The summed E-state index contributed by atoms with van der Waals surface area (Å²) in [4.78, 5) is 15.3. The van der Waals surface area contributed by atoms with Gasteiger partial charge in [0.15, 0.2) is 29.9 Å². The zero-order valence-corrected chi connectivity index (χ0v) is 34.4. The van der Waals surface area contributed by atoms with Crippen molar-refractivity contribution in [2.75, 3.05) is 34.2 Å². The van der Waals surface area contributed by atoms with Crippen LogP contribution in [0.4, 0.5) is 0 Å². The average Bonchev–Trinajstić information content (AvgIpc) is 3.73. The molecule has 0 aliphatic carbocycles. The van der Waals surface area contributed by atoms with Crippen molar-refractivity contribution in [1.82, 2.24) is 20.4 Å². The van der Waals surface area contributed by atoms with E-state index in [0.717, 1.165) is 28.7 Å². The molecule has 18 heteroatoms. The topological polar surface area (TPSA) is 211 Å². The molecular weight excluding hydrogens is 794 g/mol. The highest BCUT2D eigenvalue weighted by molar-refractivity contribution is 6.06. The quantitative estimate of drug-likeness (QED) is 0.0436. The Morgan fingerprint density at radius 2 is 1.28 bits per heavy atom.